The average Bonchev–Trinajstić information content (AvgIpc) is 2.69. The summed E-state index contributed by atoms with van der Waals surface area (Å²) < 4.78 is 6.94. The number of halogens is 1. The van der Waals surface area contributed by atoms with E-state index in [4.69, 9.17) is 9.84 Å². The quantitative estimate of drug-likeness (QED) is 0.329. The zero-order valence-electron chi connectivity index (χ0n) is 15.8. The van der Waals surface area contributed by atoms with E-state index in [-0.39, 0.29) is 11.3 Å². The second-order valence-electron chi connectivity index (χ2n) is 6.26. The van der Waals surface area contributed by atoms with Crippen molar-refractivity contribution in [3.63, 3.8) is 0 Å². The highest BCUT2D eigenvalue weighted by molar-refractivity contribution is 9.10. The van der Waals surface area contributed by atoms with Crippen molar-refractivity contribution in [2.75, 3.05) is 0 Å². The van der Waals surface area contributed by atoms with Crippen molar-refractivity contribution < 1.29 is 19.6 Å². The fourth-order valence-electron chi connectivity index (χ4n) is 2.62. The Hall–Kier alpha value is -3.60. The Labute approximate surface area is 177 Å². The van der Waals surface area contributed by atoms with Crippen LogP contribution in [-0.2, 0) is 4.79 Å². The van der Waals surface area contributed by atoms with E-state index in [0.29, 0.717) is 22.3 Å². The van der Waals surface area contributed by atoms with E-state index >= 15 is 0 Å². The third-order valence-corrected chi connectivity index (χ3v) is 4.62. The number of aromatic nitrogens is 2. The largest absolute Gasteiger partial charge is 0.479 e. The molecule has 154 valence electrons. The van der Waals surface area contributed by atoms with Crippen LogP contribution >= 0.6 is 15.9 Å². The SMILES string of the molecule is Cc1nc2ccc(Br)cc2c(=O)n1N=Cc1ccc(O[C@@H](C)C(=O)O)c([N+](=O)[O-])c1. The molecular weight excluding hydrogens is 460 g/mol. The first kappa shape index (κ1) is 21.1. The van der Waals surface area contributed by atoms with Gasteiger partial charge in [0.25, 0.3) is 5.56 Å². The Kier molecular flexibility index (Phi) is 5.92. The average molecular weight is 475 g/mol. The van der Waals surface area contributed by atoms with Crippen molar-refractivity contribution in [3.05, 3.63) is 72.7 Å². The van der Waals surface area contributed by atoms with Gasteiger partial charge in [0.15, 0.2) is 11.9 Å². The van der Waals surface area contributed by atoms with Crippen molar-refractivity contribution in [1.82, 2.24) is 9.66 Å². The minimum absolute atomic E-state index is 0.183. The van der Waals surface area contributed by atoms with Crippen molar-refractivity contribution in [2.45, 2.75) is 20.0 Å². The van der Waals surface area contributed by atoms with Gasteiger partial charge in [0.2, 0.25) is 0 Å². The maximum Gasteiger partial charge on any atom is 0.344 e. The van der Waals surface area contributed by atoms with E-state index in [1.807, 2.05) is 0 Å². The molecule has 0 aliphatic carbocycles. The molecule has 3 rings (SSSR count). The van der Waals surface area contributed by atoms with Gasteiger partial charge in [0, 0.05) is 16.1 Å². The first-order valence-electron chi connectivity index (χ1n) is 8.58. The van der Waals surface area contributed by atoms with Gasteiger partial charge in [-0.3, -0.25) is 14.9 Å². The number of nitro benzene ring substituents is 1. The van der Waals surface area contributed by atoms with Crippen molar-refractivity contribution in [1.29, 1.82) is 0 Å². The molecule has 2 aromatic carbocycles. The third kappa shape index (κ3) is 4.35. The van der Waals surface area contributed by atoms with Crippen molar-refractivity contribution in [3.8, 4) is 5.75 Å². The molecule has 0 unspecified atom stereocenters. The molecule has 1 N–H and O–H groups in total. The lowest BCUT2D eigenvalue weighted by atomic mass is 10.2. The van der Waals surface area contributed by atoms with Crippen LogP contribution in [0, 0.1) is 17.0 Å². The number of ether oxygens (including phenoxy) is 1. The summed E-state index contributed by atoms with van der Waals surface area (Å²) >= 11 is 3.31. The number of carboxylic acid groups (broad SMARTS) is 1. The van der Waals surface area contributed by atoms with E-state index in [1.165, 1.54) is 31.3 Å². The number of fused-ring (bicyclic) bond motifs is 1. The van der Waals surface area contributed by atoms with E-state index in [2.05, 4.69) is 26.0 Å². The lowest BCUT2D eigenvalue weighted by Gasteiger charge is -2.10. The summed E-state index contributed by atoms with van der Waals surface area (Å²) in [5.74, 6) is -1.09. The van der Waals surface area contributed by atoms with E-state index in [9.17, 15) is 19.7 Å². The maximum absolute atomic E-state index is 12.7. The van der Waals surface area contributed by atoms with Crippen LogP contribution < -0.4 is 10.3 Å². The normalized spacial score (nSPS) is 12.2. The van der Waals surface area contributed by atoms with Crippen molar-refractivity contribution >= 4 is 44.7 Å². The molecule has 0 radical (unpaired) electrons. The van der Waals surface area contributed by atoms with Crippen molar-refractivity contribution in [2.24, 2.45) is 5.10 Å². The lowest BCUT2D eigenvalue weighted by molar-refractivity contribution is -0.386. The first-order chi connectivity index (χ1) is 14.2. The number of carbonyl (C=O) groups is 1. The van der Waals surface area contributed by atoms with Crippen LogP contribution in [0.15, 0.2) is 50.8 Å². The van der Waals surface area contributed by atoms with Crippen LogP contribution in [-0.4, -0.2) is 38.0 Å². The molecule has 10 nitrogen and oxygen atoms in total. The molecule has 0 amide bonds. The molecule has 11 heteroatoms. The summed E-state index contributed by atoms with van der Waals surface area (Å²) in [6.45, 7) is 2.88. The summed E-state index contributed by atoms with van der Waals surface area (Å²) in [7, 11) is 0. The number of hydrogen-bond acceptors (Lipinski definition) is 7. The third-order valence-electron chi connectivity index (χ3n) is 4.12. The summed E-state index contributed by atoms with van der Waals surface area (Å²) in [5, 5.41) is 24.8. The van der Waals surface area contributed by atoms with Gasteiger partial charge in [0.05, 0.1) is 22.0 Å². The molecule has 0 spiro atoms. The Morgan fingerprint density at radius 1 is 1.37 bits per heavy atom. The van der Waals surface area contributed by atoms with Crippen LogP contribution in [0.4, 0.5) is 5.69 Å². The number of hydrogen-bond donors (Lipinski definition) is 1. The molecule has 0 fully saturated rings. The second-order valence-corrected chi connectivity index (χ2v) is 7.18. The van der Waals surface area contributed by atoms with Crippen LogP contribution in [0.25, 0.3) is 10.9 Å². The molecule has 0 saturated carbocycles. The minimum atomic E-state index is -1.26. The smallest absolute Gasteiger partial charge is 0.344 e. The van der Waals surface area contributed by atoms with Gasteiger partial charge in [-0.15, -0.1) is 0 Å². The molecule has 1 aromatic heterocycles. The van der Waals surface area contributed by atoms with Gasteiger partial charge < -0.3 is 9.84 Å². The fourth-order valence-corrected chi connectivity index (χ4v) is 2.98. The molecule has 0 saturated heterocycles. The minimum Gasteiger partial charge on any atom is -0.479 e. The van der Waals surface area contributed by atoms with Crippen LogP contribution in [0.1, 0.15) is 18.3 Å². The summed E-state index contributed by atoms with van der Waals surface area (Å²) in [4.78, 5) is 38.7. The number of aliphatic carboxylic acids is 1. The zero-order chi connectivity index (χ0) is 22.0. The Morgan fingerprint density at radius 3 is 2.77 bits per heavy atom. The predicted octanol–water partition coefficient (Wildman–Crippen LogP) is 3.11. The first-order valence-corrected chi connectivity index (χ1v) is 9.38. The highest BCUT2D eigenvalue weighted by Gasteiger charge is 2.21. The molecule has 0 bridgehead atoms. The number of benzene rings is 2. The fraction of sp³-hybridized carbons (Fsp3) is 0.158. The van der Waals surface area contributed by atoms with Gasteiger partial charge in [-0.25, -0.2) is 9.78 Å². The number of aryl methyl sites for hydroxylation is 1. The lowest BCUT2D eigenvalue weighted by Crippen LogP contribution is -2.23. The van der Waals surface area contributed by atoms with E-state index in [0.717, 1.165) is 9.15 Å². The van der Waals surface area contributed by atoms with Gasteiger partial charge in [-0.05, 0) is 44.2 Å². The van der Waals surface area contributed by atoms with Gasteiger partial charge in [-0.1, -0.05) is 15.9 Å². The number of rotatable bonds is 6. The Bertz CT molecular complexity index is 1250. The molecule has 3 aromatic rings. The van der Waals surface area contributed by atoms with Gasteiger partial charge in [-0.2, -0.15) is 9.78 Å². The topological polar surface area (TPSA) is 137 Å². The summed E-state index contributed by atoms with van der Waals surface area (Å²) in [6, 6.07) is 9.05. The Balaban J connectivity index is 2.00. The highest BCUT2D eigenvalue weighted by Crippen LogP contribution is 2.28. The van der Waals surface area contributed by atoms with E-state index < -0.39 is 22.7 Å². The van der Waals surface area contributed by atoms with Crippen LogP contribution in [0.5, 0.6) is 5.75 Å². The molecule has 1 atom stereocenters. The molecule has 30 heavy (non-hydrogen) atoms. The zero-order valence-corrected chi connectivity index (χ0v) is 17.4. The molecule has 1 heterocycles. The number of nitro groups is 1. The molecular formula is C19H15BrN4O6. The Morgan fingerprint density at radius 2 is 2.10 bits per heavy atom. The summed E-state index contributed by atoms with van der Waals surface area (Å²) in [5.41, 5.74) is 0.0333. The van der Waals surface area contributed by atoms with Gasteiger partial charge >= 0.3 is 11.7 Å². The highest BCUT2D eigenvalue weighted by atomic mass is 79.9. The summed E-state index contributed by atoms with van der Waals surface area (Å²) in [6.07, 6.45) is 0.0181. The maximum atomic E-state index is 12.7. The predicted molar refractivity (Wildman–Crippen MR) is 112 cm³/mol. The number of nitrogens with zero attached hydrogens (tertiary/aromatic N) is 4. The number of carboxylic acids is 1. The standard InChI is InChI=1S/C19H15BrN4O6/c1-10(19(26)27)30-17-6-3-12(7-16(17)24(28)29)9-21-23-11(2)22-15-5-4-13(20)8-14(15)18(23)25/h3-10H,1-2H3,(H,26,27)/t10-/m0/s1. The molecule has 0 aliphatic rings. The van der Waals surface area contributed by atoms with Gasteiger partial charge in [0.1, 0.15) is 5.82 Å². The monoisotopic (exact) mass is 474 g/mol. The molecule has 0 aliphatic heterocycles. The van der Waals surface area contributed by atoms with E-state index in [1.54, 1.807) is 25.1 Å². The second kappa shape index (κ2) is 8.41. The van der Waals surface area contributed by atoms with Crippen LogP contribution in [0.3, 0.4) is 0 Å². The van der Waals surface area contributed by atoms with Crippen LogP contribution in [0.2, 0.25) is 0 Å².